The van der Waals surface area contributed by atoms with Gasteiger partial charge < -0.3 is 9.67 Å². The topological polar surface area (TPSA) is 68.0 Å². The molecule has 5 heteroatoms. The summed E-state index contributed by atoms with van der Waals surface area (Å²) in [7, 11) is 0. The molecule has 0 radical (unpaired) electrons. The number of pyridine rings is 1. The Kier molecular flexibility index (Phi) is 3.73. The van der Waals surface area contributed by atoms with Gasteiger partial charge in [-0.25, -0.2) is 9.97 Å². The van der Waals surface area contributed by atoms with E-state index in [2.05, 4.69) is 14.5 Å². The van der Waals surface area contributed by atoms with E-state index in [1.54, 1.807) is 6.20 Å². The Balaban J connectivity index is 1.82. The molecular weight excluding hydrogens is 266 g/mol. The molecule has 2 aromatic heterocycles. The summed E-state index contributed by atoms with van der Waals surface area (Å²) in [6.45, 7) is 1.97. The lowest BCUT2D eigenvalue weighted by molar-refractivity contribution is -0.143. The summed E-state index contributed by atoms with van der Waals surface area (Å²) >= 11 is 0. The molecule has 0 saturated heterocycles. The van der Waals surface area contributed by atoms with Crippen LogP contribution in [0.25, 0.3) is 11.5 Å². The van der Waals surface area contributed by atoms with Crippen molar-refractivity contribution in [2.24, 2.45) is 5.92 Å². The Bertz CT molecular complexity index is 642. The van der Waals surface area contributed by atoms with E-state index in [9.17, 15) is 4.79 Å². The van der Waals surface area contributed by atoms with Crippen molar-refractivity contribution in [2.45, 2.75) is 38.6 Å². The highest BCUT2D eigenvalue weighted by atomic mass is 16.4. The number of aryl methyl sites for hydroxylation is 1. The van der Waals surface area contributed by atoms with Gasteiger partial charge in [0.2, 0.25) is 0 Å². The van der Waals surface area contributed by atoms with Crippen LogP contribution in [0.5, 0.6) is 0 Å². The number of carboxylic acids is 1. The highest BCUT2D eigenvalue weighted by Gasteiger charge is 2.27. The Morgan fingerprint density at radius 1 is 1.29 bits per heavy atom. The van der Waals surface area contributed by atoms with Gasteiger partial charge in [0.1, 0.15) is 5.69 Å². The number of nitrogens with zero attached hydrogens (tertiary/aromatic N) is 3. The third-order valence-corrected chi connectivity index (χ3v) is 4.23. The minimum absolute atomic E-state index is 0.190. The predicted molar refractivity (Wildman–Crippen MR) is 78.8 cm³/mol. The van der Waals surface area contributed by atoms with Crippen molar-refractivity contribution in [1.82, 2.24) is 14.5 Å². The van der Waals surface area contributed by atoms with Gasteiger partial charge in [-0.15, -0.1) is 0 Å². The van der Waals surface area contributed by atoms with Crippen LogP contribution in [0, 0.1) is 12.8 Å². The molecule has 110 valence electrons. The van der Waals surface area contributed by atoms with Crippen LogP contribution >= 0.6 is 0 Å². The molecule has 0 bridgehead atoms. The first-order valence-electron chi connectivity index (χ1n) is 7.35. The molecule has 5 nitrogen and oxygen atoms in total. The van der Waals surface area contributed by atoms with Crippen molar-refractivity contribution in [1.29, 1.82) is 0 Å². The normalized spacial score (nSPS) is 22.1. The maximum atomic E-state index is 11.0. The molecule has 1 aliphatic carbocycles. The molecule has 3 rings (SSSR count). The minimum atomic E-state index is -0.667. The van der Waals surface area contributed by atoms with Gasteiger partial charge in [0.15, 0.2) is 5.82 Å². The fraction of sp³-hybridized carbons (Fsp3) is 0.438. The molecule has 0 atom stereocenters. The van der Waals surface area contributed by atoms with Gasteiger partial charge in [-0.1, -0.05) is 6.07 Å². The molecule has 21 heavy (non-hydrogen) atoms. The van der Waals surface area contributed by atoms with Crippen LogP contribution < -0.4 is 0 Å². The molecule has 1 saturated carbocycles. The van der Waals surface area contributed by atoms with Crippen LogP contribution in [0.15, 0.2) is 30.6 Å². The molecule has 0 spiro atoms. The smallest absolute Gasteiger partial charge is 0.306 e. The molecule has 0 aromatic carbocycles. The quantitative estimate of drug-likeness (QED) is 0.941. The van der Waals surface area contributed by atoms with Crippen molar-refractivity contribution < 1.29 is 9.90 Å². The largest absolute Gasteiger partial charge is 0.481 e. The maximum absolute atomic E-state index is 11.0. The van der Waals surface area contributed by atoms with Crippen molar-refractivity contribution in [3.05, 3.63) is 36.3 Å². The maximum Gasteiger partial charge on any atom is 0.306 e. The predicted octanol–water partition coefficient (Wildman–Crippen LogP) is 3.07. The Morgan fingerprint density at radius 3 is 2.71 bits per heavy atom. The molecule has 2 aromatic rings. The number of imidazole rings is 1. The number of hydrogen-bond donors (Lipinski definition) is 1. The van der Waals surface area contributed by atoms with Gasteiger partial charge in [-0.05, 0) is 44.7 Å². The van der Waals surface area contributed by atoms with Crippen LogP contribution in [-0.4, -0.2) is 25.6 Å². The van der Waals surface area contributed by atoms with E-state index in [0.29, 0.717) is 6.04 Å². The zero-order chi connectivity index (χ0) is 14.8. The van der Waals surface area contributed by atoms with E-state index in [4.69, 9.17) is 5.11 Å². The number of aliphatic carboxylic acids is 1. The average Bonchev–Trinajstić information content (AvgIpc) is 2.97. The minimum Gasteiger partial charge on any atom is -0.481 e. The number of aromatic nitrogens is 3. The first kappa shape index (κ1) is 13.8. The summed E-state index contributed by atoms with van der Waals surface area (Å²) < 4.78 is 2.15. The van der Waals surface area contributed by atoms with Crippen molar-refractivity contribution >= 4 is 5.97 Å². The Hall–Kier alpha value is -2.17. The SMILES string of the molecule is Cc1cccc(-c2nccn2C2CCC(C(=O)O)CC2)n1. The zero-order valence-corrected chi connectivity index (χ0v) is 12.1. The van der Waals surface area contributed by atoms with Crippen LogP contribution in [0.4, 0.5) is 0 Å². The third-order valence-electron chi connectivity index (χ3n) is 4.23. The van der Waals surface area contributed by atoms with Crippen LogP contribution in [-0.2, 0) is 4.79 Å². The van der Waals surface area contributed by atoms with Gasteiger partial charge in [-0.3, -0.25) is 4.79 Å². The Morgan fingerprint density at radius 2 is 2.05 bits per heavy atom. The second-order valence-electron chi connectivity index (χ2n) is 5.67. The van der Waals surface area contributed by atoms with E-state index in [-0.39, 0.29) is 5.92 Å². The highest BCUT2D eigenvalue weighted by molar-refractivity contribution is 5.70. The van der Waals surface area contributed by atoms with Gasteiger partial charge >= 0.3 is 5.97 Å². The third kappa shape index (κ3) is 2.82. The molecule has 0 unspecified atom stereocenters. The second-order valence-corrected chi connectivity index (χ2v) is 5.67. The summed E-state index contributed by atoms with van der Waals surface area (Å²) in [6.07, 6.45) is 7.00. The summed E-state index contributed by atoms with van der Waals surface area (Å²) in [5.74, 6) is 0.0162. The van der Waals surface area contributed by atoms with E-state index >= 15 is 0 Å². The van der Waals surface area contributed by atoms with Crippen molar-refractivity contribution in [3.8, 4) is 11.5 Å². The van der Waals surface area contributed by atoms with Crippen molar-refractivity contribution in [2.75, 3.05) is 0 Å². The molecule has 2 heterocycles. The zero-order valence-electron chi connectivity index (χ0n) is 12.1. The molecule has 0 amide bonds. The van der Waals surface area contributed by atoms with E-state index in [1.807, 2.05) is 31.3 Å². The molecule has 0 aliphatic heterocycles. The van der Waals surface area contributed by atoms with E-state index in [1.165, 1.54) is 0 Å². The highest BCUT2D eigenvalue weighted by Crippen LogP contribution is 2.34. The molecule has 1 fully saturated rings. The number of carboxylic acid groups (broad SMARTS) is 1. The first-order valence-corrected chi connectivity index (χ1v) is 7.35. The standard InChI is InChI=1S/C16H19N3O2/c1-11-3-2-4-14(18-11)15-17-9-10-19(15)13-7-5-12(6-8-13)16(20)21/h2-4,9-10,12-13H,5-8H2,1H3,(H,20,21). The number of hydrogen-bond acceptors (Lipinski definition) is 3. The summed E-state index contributed by atoms with van der Waals surface area (Å²) in [5, 5.41) is 9.09. The first-order chi connectivity index (χ1) is 10.1. The fourth-order valence-electron chi connectivity index (χ4n) is 3.07. The summed E-state index contributed by atoms with van der Waals surface area (Å²) in [6, 6.07) is 6.24. The fourth-order valence-corrected chi connectivity index (χ4v) is 3.07. The molecule has 1 N–H and O–H groups in total. The van der Waals surface area contributed by atoms with Gasteiger partial charge in [-0.2, -0.15) is 0 Å². The van der Waals surface area contributed by atoms with Gasteiger partial charge in [0, 0.05) is 24.1 Å². The molecule has 1 aliphatic rings. The number of carbonyl (C=O) groups is 1. The Labute approximate surface area is 123 Å². The van der Waals surface area contributed by atoms with Gasteiger partial charge in [0.05, 0.1) is 5.92 Å². The van der Waals surface area contributed by atoms with Crippen LogP contribution in [0.1, 0.15) is 37.4 Å². The van der Waals surface area contributed by atoms with E-state index < -0.39 is 5.97 Å². The number of rotatable bonds is 3. The lowest BCUT2D eigenvalue weighted by Gasteiger charge is -2.28. The lowest BCUT2D eigenvalue weighted by atomic mass is 9.86. The molecular formula is C16H19N3O2. The summed E-state index contributed by atoms with van der Waals surface area (Å²) in [5.41, 5.74) is 1.84. The monoisotopic (exact) mass is 285 g/mol. The average molecular weight is 285 g/mol. The van der Waals surface area contributed by atoms with Crippen LogP contribution in [0.3, 0.4) is 0 Å². The van der Waals surface area contributed by atoms with Crippen molar-refractivity contribution in [3.63, 3.8) is 0 Å². The van der Waals surface area contributed by atoms with Crippen LogP contribution in [0.2, 0.25) is 0 Å². The van der Waals surface area contributed by atoms with E-state index in [0.717, 1.165) is 42.9 Å². The van der Waals surface area contributed by atoms with Gasteiger partial charge in [0.25, 0.3) is 0 Å². The second kappa shape index (κ2) is 5.68. The summed E-state index contributed by atoms with van der Waals surface area (Å²) in [4.78, 5) is 20.0. The lowest BCUT2D eigenvalue weighted by Crippen LogP contribution is -2.23.